The van der Waals surface area contributed by atoms with Crippen molar-refractivity contribution in [1.29, 1.82) is 0 Å². The Morgan fingerprint density at radius 3 is 2.58 bits per heavy atom. The number of non-ortho nitro benzene ring substituents is 1. The third-order valence-electron chi connectivity index (χ3n) is 1.95. The normalized spacial score (nSPS) is 11.0. The second-order valence-corrected chi connectivity index (χ2v) is 5.36. The van der Waals surface area contributed by atoms with E-state index in [0.717, 1.165) is 12.1 Å². The number of halogens is 1. The molecule has 0 fully saturated rings. The van der Waals surface area contributed by atoms with Gasteiger partial charge in [-0.15, -0.1) is 0 Å². The van der Waals surface area contributed by atoms with E-state index in [9.17, 15) is 27.7 Å². The molecule has 0 bridgehead atoms. The van der Waals surface area contributed by atoms with Gasteiger partial charge >= 0.3 is 5.97 Å². The van der Waals surface area contributed by atoms with Crippen molar-refractivity contribution in [2.24, 2.45) is 0 Å². The SMILES string of the molecule is O=C(O)CCS(=O)(=O)Nc1cc(F)cc([N+](=O)[O-])c1. The Kier molecular flexibility index (Phi) is 4.38. The summed E-state index contributed by atoms with van der Waals surface area (Å²) in [7, 11) is -4.01. The fourth-order valence-corrected chi connectivity index (χ4v) is 2.21. The largest absolute Gasteiger partial charge is 0.481 e. The maximum atomic E-state index is 13.0. The maximum absolute atomic E-state index is 13.0. The van der Waals surface area contributed by atoms with Crippen molar-refractivity contribution >= 4 is 27.4 Å². The van der Waals surface area contributed by atoms with Crippen molar-refractivity contribution in [3.8, 4) is 0 Å². The first-order valence-corrected chi connectivity index (χ1v) is 6.52. The number of anilines is 1. The average Bonchev–Trinajstić information content (AvgIpc) is 2.25. The van der Waals surface area contributed by atoms with Crippen LogP contribution in [0.5, 0.6) is 0 Å². The van der Waals surface area contributed by atoms with Crippen molar-refractivity contribution in [1.82, 2.24) is 0 Å². The number of nitro benzene ring substituents is 1. The van der Waals surface area contributed by atoms with Crippen LogP contribution in [0.15, 0.2) is 18.2 Å². The van der Waals surface area contributed by atoms with Crippen LogP contribution in [0.2, 0.25) is 0 Å². The van der Waals surface area contributed by atoms with Crippen LogP contribution in [0.3, 0.4) is 0 Å². The number of rotatable bonds is 6. The van der Waals surface area contributed by atoms with E-state index in [-0.39, 0.29) is 5.69 Å². The molecule has 0 heterocycles. The predicted molar refractivity (Wildman–Crippen MR) is 62.7 cm³/mol. The van der Waals surface area contributed by atoms with E-state index in [1.54, 1.807) is 0 Å². The molecule has 8 nitrogen and oxygen atoms in total. The lowest BCUT2D eigenvalue weighted by molar-refractivity contribution is -0.385. The van der Waals surface area contributed by atoms with Crippen LogP contribution in [-0.2, 0) is 14.8 Å². The van der Waals surface area contributed by atoms with E-state index in [0.29, 0.717) is 6.07 Å². The van der Waals surface area contributed by atoms with Gasteiger partial charge in [-0.25, -0.2) is 12.8 Å². The van der Waals surface area contributed by atoms with E-state index in [1.807, 2.05) is 4.72 Å². The fraction of sp³-hybridized carbons (Fsp3) is 0.222. The maximum Gasteiger partial charge on any atom is 0.304 e. The van der Waals surface area contributed by atoms with Crippen LogP contribution in [0, 0.1) is 15.9 Å². The first-order chi connectivity index (χ1) is 8.69. The number of sulfonamides is 1. The number of nitro groups is 1. The highest BCUT2D eigenvalue weighted by Crippen LogP contribution is 2.21. The highest BCUT2D eigenvalue weighted by atomic mass is 32.2. The summed E-state index contributed by atoms with van der Waals surface area (Å²) >= 11 is 0. The van der Waals surface area contributed by atoms with Crippen LogP contribution in [-0.4, -0.2) is 30.2 Å². The van der Waals surface area contributed by atoms with Gasteiger partial charge in [0.05, 0.1) is 28.9 Å². The van der Waals surface area contributed by atoms with Crippen molar-refractivity contribution in [3.05, 3.63) is 34.1 Å². The number of hydrogen-bond donors (Lipinski definition) is 2. The van der Waals surface area contributed by atoms with Gasteiger partial charge in [-0.05, 0) is 6.07 Å². The predicted octanol–water partition coefficient (Wildman–Crippen LogP) is 0.950. The minimum atomic E-state index is -4.01. The Morgan fingerprint density at radius 1 is 1.42 bits per heavy atom. The second kappa shape index (κ2) is 5.61. The van der Waals surface area contributed by atoms with E-state index < -0.39 is 44.6 Å². The van der Waals surface area contributed by atoms with Crippen molar-refractivity contribution in [3.63, 3.8) is 0 Å². The van der Waals surface area contributed by atoms with Gasteiger partial charge in [0.1, 0.15) is 5.82 Å². The van der Waals surface area contributed by atoms with Gasteiger partial charge in [0.2, 0.25) is 10.0 Å². The minimum absolute atomic E-state index is 0.336. The Hall–Kier alpha value is -2.23. The zero-order valence-electron chi connectivity index (χ0n) is 9.37. The summed E-state index contributed by atoms with van der Waals surface area (Å²) in [6.45, 7) is 0. The molecule has 0 aliphatic rings. The number of carboxylic acid groups (broad SMARTS) is 1. The molecule has 0 aliphatic carbocycles. The Labute approximate surface area is 107 Å². The third kappa shape index (κ3) is 4.87. The van der Waals surface area contributed by atoms with Crippen LogP contribution in [0.25, 0.3) is 0 Å². The summed E-state index contributed by atoms with van der Waals surface area (Å²) < 4.78 is 37.8. The van der Waals surface area contributed by atoms with E-state index in [2.05, 4.69) is 0 Å². The Balaban J connectivity index is 2.93. The summed E-state index contributed by atoms with van der Waals surface area (Å²) in [6.07, 6.45) is -0.632. The molecule has 0 aromatic heterocycles. The molecule has 0 amide bonds. The summed E-state index contributed by atoms with van der Waals surface area (Å²) in [5, 5.41) is 18.8. The van der Waals surface area contributed by atoms with Gasteiger partial charge in [0, 0.05) is 6.07 Å². The highest BCUT2D eigenvalue weighted by Gasteiger charge is 2.16. The van der Waals surface area contributed by atoms with Gasteiger partial charge in [-0.3, -0.25) is 19.6 Å². The molecule has 0 aliphatic heterocycles. The molecule has 104 valence electrons. The molecule has 1 aromatic rings. The molecule has 1 rings (SSSR count). The number of benzene rings is 1. The first-order valence-electron chi connectivity index (χ1n) is 4.87. The lowest BCUT2D eigenvalue weighted by Gasteiger charge is -2.06. The summed E-state index contributed by atoms with van der Waals surface area (Å²) in [5.41, 5.74) is -0.951. The Morgan fingerprint density at radius 2 is 2.05 bits per heavy atom. The molecule has 2 N–H and O–H groups in total. The number of nitrogens with one attached hydrogen (secondary N) is 1. The standard InChI is InChI=1S/C9H9FN2O6S/c10-6-3-7(5-8(4-6)12(15)16)11-19(17,18)2-1-9(13)14/h3-5,11H,1-2H2,(H,13,14). The Bertz CT molecular complexity index is 615. The molecular weight excluding hydrogens is 283 g/mol. The number of nitrogens with zero attached hydrogens (tertiary/aromatic N) is 1. The average molecular weight is 292 g/mol. The molecule has 19 heavy (non-hydrogen) atoms. The van der Waals surface area contributed by atoms with Gasteiger partial charge in [-0.1, -0.05) is 0 Å². The zero-order valence-corrected chi connectivity index (χ0v) is 10.2. The van der Waals surface area contributed by atoms with E-state index >= 15 is 0 Å². The highest BCUT2D eigenvalue weighted by molar-refractivity contribution is 7.92. The topological polar surface area (TPSA) is 127 Å². The fourth-order valence-electron chi connectivity index (χ4n) is 1.19. The third-order valence-corrected chi connectivity index (χ3v) is 3.24. The van der Waals surface area contributed by atoms with Crippen LogP contribution in [0.1, 0.15) is 6.42 Å². The van der Waals surface area contributed by atoms with Gasteiger partial charge in [0.25, 0.3) is 5.69 Å². The summed E-state index contributed by atoms with van der Waals surface area (Å²) in [6, 6.07) is 2.22. The molecule has 1 aromatic carbocycles. The van der Waals surface area contributed by atoms with Crippen molar-refractivity contribution in [2.75, 3.05) is 10.5 Å². The van der Waals surface area contributed by atoms with Crippen LogP contribution in [0.4, 0.5) is 15.8 Å². The van der Waals surface area contributed by atoms with Crippen molar-refractivity contribution in [2.45, 2.75) is 6.42 Å². The summed E-state index contributed by atoms with van der Waals surface area (Å²) in [4.78, 5) is 19.8. The minimum Gasteiger partial charge on any atom is -0.481 e. The lowest BCUT2D eigenvalue weighted by Crippen LogP contribution is -2.19. The van der Waals surface area contributed by atoms with Gasteiger partial charge in [-0.2, -0.15) is 0 Å². The van der Waals surface area contributed by atoms with E-state index in [1.165, 1.54) is 0 Å². The molecule has 10 heteroatoms. The van der Waals surface area contributed by atoms with Gasteiger partial charge < -0.3 is 5.11 Å². The molecule has 0 radical (unpaired) electrons. The molecule has 0 saturated carbocycles. The quantitative estimate of drug-likeness (QED) is 0.593. The molecule has 0 spiro atoms. The molecule has 0 saturated heterocycles. The van der Waals surface area contributed by atoms with E-state index in [4.69, 9.17) is 5.11 Å². The number of hydrogen-bond acceptors (Lipinski definition) is 5. The monoisotopic (exact) mass is 292 g/mol. The molecular formula is C9H9FN2O6S. The van der Waals surface area contributed by atoms with Crippen LogP contribution >= 0.6 is 0 Å². The summed E-state index contributed by atoms with van der Waals surface area (Å²) in [5.74, 6) is -3.01. The molecule has 0 atom stereocenters. The first kappa shape index (κ1) is 14.8. The number of aliphatic carboxylic acids is 1. The number of carbonyl (C=O) groups is 1. The number of carboxylic acids is 1. The van der Waals surface area contributed by atoms with Gasteiger partial charge in [0.15, 0.2) is 0 Å². The lowest BCUT2D eigenvalue weighted by atomic mass is 10.3. The smallest absolute Gasteiger partial charge is 0.304 e. The van der Waals surface area contributed by atoms with Crippen LogP contribution < -0.4 is 4.72 Å². The molecule has 0 unspecified atom stereocenters. The zero-order chi connectivity index (χ0) is 14.6. The second-order valence-electron chi connectivity index (χ2n) is 3.52. The van der Waals surface area contributed by atoms with Crippen molar-refractivity contribution < 1.29 is 27.6 Å².